The Balaban J connectivity index is 2.37. The maximum atomic E-state index is 13.2. The number of aryl methyl sites for hydroxylation is 1. The molecule has 0 aliphatic heterocycles. The van der Waals surface area contributed by atoms with E-state index in [4.69, 9.17) is 8.53 Å². The van der Waals surface area contributed by atoms with E-state index in [1.54, 1.807) is 6.92 Å². The van der Waals surface area contributed by atoms with Crippen molar-refractivity contribution in [3.05, 3.63) is 56.1 Å². The van der Waals surface area contributed by atoms with Gasteiger partial charge in [-0.25, -0.2) is 0 Å². The van der Waals surface area contributed by atoms with Crippen LogP contribution in [-0.4, -0.2) is 28.1 Å². The maximum Gasteiger partial charge on any atom is 0.488 e. The van der Waals surface area contributed by atoms with Crippen LogP contribution in [0.15, 0.2) is 43.6 Å². The lowest BCUT2D eigenvalue weighted by Gasteiger charge is -2.06. The summed E-state index contributed by atoms with van der Waals surface area (Å²) in [5.74, 6) is -0.373. The molecule has 1 aromatic heterocycles. The number of ketones is 1. The molecule has 0 unspecified atom stereocenters. The summed E-state index contributed by atoms with van der Waals surface area (Å²) in [6.45, 7) is 1.73. The Labute approximate surface area is 164 Å². The van der Waals surface area contributed by atoms with Gasteiger partial charge in [-0.3, -0.25) is 4.79 Å². The van der Waals surface area contributed by atoms with Crippen LogP contribution in [0.2, 0.25) is 0 Å². The zero-order valence-corrected chi connectivity index (χ0v) is 16.0. The third-order valence-electron chi connectivity index (χ3n) is 3.64. The molecule has 0 spiro atoms. The first kappa shape index (κ1) is 14.6. The van der Waals surface area contributed by atoms with Crippen LogP contribution < -0.4 is 5.46 Å². The van der Waals surface area contributed by atoms with E-state index in [2.05, 4.69) is 31.9 Å². The molecule has 5 nitrogen and oxygen atoms in total. The summed E-state index contributed by atoms with van der Waals surface area (Å²) in [7, 11) is -2.12. The van der Waals surface area contributed by atoms with Crippen LogP contribution in [0.3, 0.4) is 0 Å². The lowest BCUT2D eigenvalue weighted by atomic mass is 9.80. The smallest absolute Gasteiger partial charge is 0.488 e. The van der Waals surface area contributed by atoms with Gasteiger partial charge in [-0.05, 0) is 55.5 Å². The monoisotopic (exact) mass is 469 g/mol. The van der Waals surface area contributed by atoms with Gasteiger partial charge in [0.25, 0.3) is 0 Å². The summed E-state index contributed by atoms with van der Waals surface area (Å²) >= 11 is 6.34. The van der Waals surface area contributed by atoms with Gasteiger partial charge < -0.3 is 19.6 Å². The molecule has 3 rings (SSSR count). The SMILES string of the molecule is [2H]c1c(B(O)O)c([2H])c2oc(CC)c(C(=O)c3cc(Br)c(O)c(Br)c3)c2c1[2H]. The molecule has 0 saturated heterocycles. The summed E-state index contributed by atoms with van der Waals surface area (Å²) in [6, 6.07) is 1.39. The second kappa shape index (κ2) is 6.95. The highest BCUT2D eigenvalue weighted by Gasteiger charge is 2.23. The molecular weight excluding hydrogens is 455 g/mol. The van der Waals surface area contributed by atoms with Gasteiger partial charge in [-0.2, -0.15) is 0 Å². The highest BCUT2D eigenvalue weighted by atomic mass is 79.9. The lowest BCUT2D eigenvalue weighted by Crippen LogP contribution is -2.29. The van der Waals surface area contributed by atoms with Gasteiger partial charge in [0.2, 0.25) is 0 Å². The summed E-state index contributed by atoms with van der Waals surface area (Å²) in [5.41, 5.74) is -0.380. The average molecular weight is 471 g/mol. The number of benzene rings is 2. The number of furan rings is 1. The molecule has 0 aliphatic carbocycles. The molecule has 1 heterocycles. The Morgan fingerprint density at radius 3 is 2.48 bits per heavy atom. The molecule has 3 N–H and O–H groups in total. The Morgan fingerprint density at radius 2 is 1.92 bits per heavy atom. The van der Waals surface area contributed by atoms with Crippen LogP contribution in [0.5, 0.6) is 5.75 Å². The van der Waals surface area contributed by atoms with Crippen molar-refractivity contribution in [3.63, 3.8) is 0 Å². The highest BCUT2D eigenvalue weighted by molar-refractivity contribution is 9.11. The standard InChI is InChI=1S/C17H13BBr2O5/c1-2-13-15(10-4-3-9(18(23)24)7-14(10)25-13)16(21)8-5-11(19)17(22)12(20)6-8/h3-7,22-24H,2H2,1H3/i3D,4D,7D. The van der Waals surface area contributed by atoms with Crippen molar-refractivity contribution in [2.75, 3.05) is 0 Å². The van der Waals surface area contributed by atoms with Crippen molar-refractivity contribution >= 4 is 61.2 Å². The van der Waals surface area contributed by atoms with E-state index < -0.39 is 36.5 Å². The van der Waals surface area contributed by atoms with Crippen LogP contribution in [0, 0.1) is 0 Å². The maximum absolute atomic E-state index is 13.2. The Bertz CT molecular complexity index is 1110. The minimum atomic E-state index is -2.12. The van der Waals surface area contributed by atoms with Crippen molar-refractivity contribution in [1.82, 2.24) is 0 Å². The van der Waals surface area contributed by atoms with Gasteiger partial charge in [0, 0.05) is 17.4 Å². The van der Waals surface area contributed by atoms with E-state index in [1.165, 1.54) is 12.1 Å². The van der Waals surface area contributed by atoms with Crippen LogP contribution >= 0.6 is 31.9 Å². The first-order chi connectivity index (χ1) is 13.1. The van der Waals surface area contributed by atoms with E-state index in [1.807, 2.05) is 0 Å². The van der Waals surface area contributed by atoms with Gasteiger partial charge in [-0.1, -0.05) is 19.0 Å². The van der Waals surface area contributed by atoms with E-state index in [0.29, 0.717) is 0 Å². The minimum absolute atomic E-state index is 0.0263. The van der Waals surface area contributed by atoms with E-state index in [-0.39, 0.29) is 49.0 Å². The number of phenolic OH excluding ortho intramolecular Hbond substituents is 1. The molecule has 0 aliphatic rings. The predicted octanol–water partition coefficient (Wildman–Crippen LogP) is 3.14. The van der Waals surface area contributed by atoms with Crippen molar-refractivity contribution in [2.24, 2.45) is 0 Å². The number of aromatic hydroxyl groups is 1. The lowest BCUT2D eigenvalue weighted by molar-refractivity contribution is 0.103. The topological polar surface area (TPSA) is 90.9 Å². The Morgan fingerprint density at radius 1 is 1.28 bits per heavy atom. The molecule has 0 radical (unpaired) electrons. The molecule has 0 fully saturated rings. The molecule has 3 aromatic rings. The highest BCUT2D eigenvalue weighted by Crippen LogP contribution is 2.35. The van der Waals surface area contributed by atoms with Gasteiger partial charge >= 0.3 is 7.12 Å². The number of fused-ring (bicyclic) bond motifs is 1. The van der Waals surface area contributed by atoms with Gasteiger partial charge in [0.15, 0.2) is 5.78 Å². The molecule has 128 valence electrons. The van der Waals surface area contributed by atoms with Gasteiger partial charge in [0.05, 0.1) is 18.6 Å². The summed E-state index contributed by atoms with van der Waals surface area (Å²) in [5, 5.41) is 28.8. The van der Waals surface area contributed by atoms with Crippen LogP contribution in [0.1, 0.15) is 32.7 Å². The Kier molecular flexibility index (Phi) is 4.05. The van der Waals surface area contributed by atoms with Crippen LogP contribution in [0.25, 0.3) is 11.0 Å². The molecule has 8 heteroatoms. The Hall–Kier alpha value is -1.61. The first-order valence-corrected chi connectivity index (χ1v) is 8.82. The van der Waals surface area contributed by atoms with E-state index in [0.717, 1.165) is 0 Å². The van der Waals surface area contributed by atoms with Crippen molar-refractivity contribution in [2.45, 2.75) is 13.3 Å². The van der Waals surface area contributed by atoms with E-state index in [9.17, 15) is 19.9 Å². The third kappa shape index (κ3) is 3.27. The fourth-order valence-electron chi connectivity index (χ4n) is 2.43. The largest absolute Gasteiger partial charge is 0.506 e. The fraction of sp³-hybridized carbons (Fsp3) is 0.118. The van der Waals surface area contributed by atoms with Crippen molar-refractivity contribution in [1.29, 1.82) is 0 Å². The van der Waals surface area contributed by atoms with Crippen molar-refractivity contribution < 1.29 is 28.5 Å². The number of halogens is 2. The number of hydrogen-bond acceptors (Lipinski definition) is 5. The first-order valence-electron chi connectivity index (χ1n) is 8.73. The number of carbonyl (C=O) groups excluding carboxylic acids is 1. The minimum Gasteiger partial charge on any atom is -0.506 e. The number of phenols is 1. The van der Waals surface area contributed by atoms with Crippen LogP contribution in [0.4, 0.5) is 0 Å². The number of rotatable bonds is 4. The summed E-state index contributed by atoms with van der Waals surface area (Å²) < 4.78 is 30.6. The summed E-state index contributed by atoms with van der Waals surface area (Å²) in [4.78, 5) is 13.2. The molecular formula is C17H13BBr2O5. The van der Waals surface area contributed by atoms with Crippen LogP contribution in [-0.2, 0) is 6.42 Å². The second-order valence-electron chi connectivity index (χ2n) is 5.24. The van der Waals surface area contributed by atoms with Gasteiger partial charge in [-0.15, -0.1) is 0 Å². The normalized spacial score (nSPS) is 12.8. The zero-order valence-electron chi connectivity index (χ0n) is 15.9. The van der Waals surface area contributed by atoms with Gasteiger partial charge in [0.1, 0.15) is 17.1 Å². The second-order valence-corrected chi connectivity index (χ2v) is 6.95. The zero-order chi connectivity index (χ0) is 20.9. The molecule has 0 saturated carbocycles. The molecule has 25 heavy (non-hydrogen) atoms. The molecule has 0 atom stereocenters. The molecule has 2 aromatic carbocycles. The fourth-order valence-corrected chi connectivity index (χ4v) is 3.61. The molecule has 0 bridgehead atoms. The predicted molar refractivity (Wildman–Crippen MR) is 102 cm³/mol. The molecule has 0 amide bonds. The van der Waals surface area contributed by atoms with Crippen molar-refractivity contribution in [3.8, 4) is 5.75 Å². The number of carbonyl (C=O) groups is 1. The number of hydrogen-bond donors (Lipinski definition) is 3. The quantitative estimate of drug-likeness (QED) is 0.402. The summed E-state index contributed by atoms with van der Waals surface area (Å²) in [6.07, 6.45) is 0.277. The average Bonchev–Trinajstić information content (AvgIpc) is 3.03. The van der Waals surface area contributed by atoms with E-state index >= 15 is 0 Å². The third-order valence-corrected chi connectivity index (χ3v) is 4.85.